The molecule has 21 heavy (non-hydrogen) atoms. The Labute approximate surface area is 125 Å². The normalized spacial score (nSPS) is 11.8. The average molecular weight is 286 g/mol. The molecule has 0 aromatic heterocycles. The van der Waals surface area contributed by atoms with Gasteiger partial charge in [-0.05, 0) is 25.1 Å². The summed E-state index contributed by atoms with van der Waals surface area (Å²) in [4.78, 5) is 0. The first-order valence-electron chi connectivity index (χ1n) is 6.93. The number of ether oxygens (including phenoxy) is 2. The molecule has 0 bridgehead atoms. The van der Waals surface area contributed by atoms with Crippen LogP contribution in [0, 0.1) is 6.92 Å². The van der Waals surface area contributed by atoms with Gasteiger partial charge in [0.25, 0.3) is 0 Å². The third kappa shape index (κ3) is 3.47. The summed E-state index contributed by atoms with van der Waals surface area (Å²) in [5.41, 5.74) is 9.18. The predicted molar refractivity (Wildman–Crippen MR) is 86.1 cm³/mol. The third-order valence-corrected chi connectivity index (χ3v) is 3.44. The smallest absolute Gasteiger partial charge is 0.166 e. The Kier molecular flexibility index (Phi) is 5.06. The van der Waals surface area contributed by atoms with E-state index >= 15 is 0 Å². The number of nitrogens with one attached hydrogen (secondary N) is 1. The number of hydrogen-bond donors (Lipinski definition) is 2. The van der Waals surface area contributed by atoms with E-state index in [1.54, 1.807) is 14.2 Å². The molecule has 2 rings (SSSR count). The van der Waals surface area contributed by atoms with Crippen LogP contribution in [0.5, 0.6) is 11.5 Å². The van der Waals surface area contributed by atoms with Gasteiger partial charge in [0.15, 0.2) is 11.5 Å². The largest absolute Gasteiger partial charge is 0.493 e. The summed E-state index contributed by atoms with van der Waals surface area (Å²) in [6.07, 6.45) is 0. The van der Waals surface area contributed by atoms with Crippen molar-refractivity contribution in [3.8, 4) is 11.5 Å². The molecule has 0 spiro atoms. The summed E-state index contributed by atoms with van der Waals surface area (Å²) in [5, 5.41) is 3.44. The second-order valence-corrected chi connectivity index (χ2v) is 4.88. The highest BCUT2D eigenvalue weighted by atomic mass is 16.5. The van der Waals surface area contributed by atoms with Crippen LogP contribution in [-0.2, 0) is 0 Å². The van der Waals surface area contributed by atoms with Crippen LogP contribution in [0.1, 0.15) is 17.2 Å². The molecule has 0 radical (unpaired) electrons. The minimum atomic E-state index is -0.0437. The summed E-state index contributed by atoms with van der Waals surface area (Å²) in [5.74, 6) is 1.43. The van der Waals surface area contributed by atoms with Crippen LogP contribution in [0.4, 0.5) is 5.69 Å². The van der Waals surface area contributed by atoms with E-state index in [-0.39, 0.29) is 6.04 Å². The van der Waals surface area contributed by atoms with Crippen LogP contribution in [-0.4, -0.2) is 20.8 Å². The van der Waals surface area contributed by atoms with Crippen molar-refractivity contribution in [3.63, 3.8) is 0 Å². The van der Waals surface area contributed by atoms with E-state index in [2.05, 4.69) is 24.4 Å². The van der Waals surface area contributed by atoms with Crippen molar-refractivity contribution < 1.29 is 9.47 Å². The van der Waals surface area contributed by atoms with Crippen molar-refractivity contribution in [1.82, 2.24) is 0 Å². The van der Waals surface area contributed by atoms with Gasteiger partial charge in [0.2, 0.25) is 0 Å². The molecule has 0 fully saturated rings. The topological polar surface area (TPSA) is 56.5 Å². The van der Waals surface area contributed by atoms with E-state index in [4.69, 9.17) is 15.2 Å². The van der Waals surface area contributed by atoms with Crippen molar-refractivity contribution in [3.05, 3.63) is 53.6 Å². The van der Waals surface area contributed by atoms with Crippen molar-refractivity contribution in [2.45, 2.75) is 13.0 Å². The zero-order chi connectivity index (χ0) is 15.2. The van der Waals surface area contributed by atoms with Gasteiger partial charge in [-0.25, -0.2) is 0 Å². The molecule has 0 saturated carbocycles. The standard InChI is InChI=1S/C17H22N2O2/c1-12-7-9-13(10-8-12)19-15(11-18)14-5-4-6-16(20-2)17(14)21-3/h4-10,15,19H,11,18H2,1-3H3. The molecule has 0 aliphatic heterocycles. The lowest BCUT2D eigenvalue weighted by molar-refractivity contribution is 0.350. The zero-order valence-corrected chi connectivity index (χ0v) is 12.7. The molecule has 0 aliphatic rings. The molecule has 1 atom stereocenters. The Hall–Kier alpha value is -2.20. The van der Waals surface area contributed by atoms with Crippen LogP contribution in [0.2, 0.25) is 0 Å². The van der Waals surface area contributed by atoms with Crippen LogP contribution in [0.25, 0.3) is 0 Å². The second kappa shape index (κ2) is 6.99. The van der Waals surface area contributed by atoms with Gasteiger partial charge in [-0.15, -0.1) is 0 Å². The Balaban J connectivity index is 2.31. The Bertz CT molecular complexity index is 582. The molecule has 0 saturated heterocycles. The number of aryl methyl sites for hydroxylation is 1. The maximum absolute atomic E-state index is 5.94. The zero-order valence-electron chi connectivity index (χ0n) is 12.7. The van der Waals surface area contributed by atoms with Gasteiger partial charge in [0, 0.05) is 17.8 Å². The van der Waals surface area contributed by atoms with E-state index in [0.717, 1.165) is 17.0 Å². The summed E-state index contributed by atoms with van der Waals surface area (Å²) in [6.45, 7) is 2.52. The third-order valence-electron chi connectivity index (χ3n) is 3.44. The molecule has 112 valence electrons. The summed E-state index contributed by atoms with van der Waals surface area (Å²) < 4.78 is 10.8. The lowest BCUT2D eigenvalue weighted by atomic mass is 10.0. The monoisotopic (exact) mass is 286 g/mol. The molecule has 2 aromatic carbocycles. The predicted octanol–water partition coefficient (Wildman–Crippen LogP) is 3.12. The SMILES string of the molecule is COc1cccc(C(CN)Nc2ccc(C)cc2)c1OC. The molecule has 4 nitrogen and oxygen atoms in total. The molecule has 0 aliphatic carbocycles. The Morgan fingerprint density at radius 1 is 1.05 bits per heavy atom. The van der Waals surface area contributed by atoms with E-state index < -0.39 is 0 Å². The summed E-state index contributed by atoms with van der Waals surface area (Å²) >= 11 is 0. The molecular weight excluding hydrogens is 264 g/mol. The highest BCUT2D eigenvalue weighted by Crippen LogP contribution is 2.35. The van der Waals surface area contributed by atoms with Crippen LogP contribution in [0.3, 0.4) is 0 Å². The quantitative estimate of drug-likeness (QED) is 0.856. The highest BCUT2D eigenvalue weighted by molar-refractivity contribution is 5.53. The molecule has 2 aromatic rings. The molecule has 1 unspecified atom stereocenters. The van der Waals surface area contributed by atoms with E-state index in [1.165, 1.54) is 5.56 Å². The van der Waals surface area contributed by atoms with Gasteiger partial charge in [0.1, 0.15) is 0 Å². The second-order valence-electron chi connectivity index (χ2n) is 4.88. The number of para-hydroxylation sites is 1. The highest BCUT2D eigenvalue weighted by Gasteiger charge is 2.17. The number of methoxy groups -OCH3 is 2. The number of anilines is 1. The van der Waals surface area contributed by atoms with Crippen LogP contribution < -0.4 is 20.5 Å². The van der Waals surface area contributed by atoms with E-state index in [0.29, 0.717) is 12.3 Å². The maximum Gasteiger partial charge on any atom is 0.166 e. The minimum absolute atomic E-state index is 0.0437. The molecule has 4 heteroatoms. The Morgan fingerprint density at radius 3 is 2.33 bits per heavy atom. The number of nitrogens with two attached hydrogens (primary N) is 1. The van der Waals surface area contributed by atoms with Crippen molar-refractivity contribution in [1.29, 1.82) is 0 Å². The van der Waals surface area contributed by atoms with Gasteiger partial charge in [0.05, 0.1) is 20.3 Å². The van der Waals surface area contributed by atoms with E-state index in [1.807, 2.05) is 30.3 Å². The lowest BCUT2D eigenvalue weighted by Crippen LogP contribution is -2.21. The molecule has 0 amide bonds. The molecule has 0 heterocycles. The van der Waals surface area contributed by atoms with Crippen LogP contribution in [0.15, 0.2) is 42.5 Å². The Morgan fingerprint density at radius 2 is 1.76 bits per heavy atom. The first-order chi connectivity index (χ1) is 10.2. The fourth-order valence-electron chi connectivity index (χ4n) is 2.30. The van der Waals surface area contributed by atoms with Gasteiger partial charge < -0.3 is 20.5 Å². The number of hydrogen-bond acceptors (Lipinski definition) is 4. The summed E-state index contributed by atoms with van der Waals surface area (Å²) in [6, 6.07) is 14.0. The lowest BCUT2D eigenvalue weighted by Gasteiger charge is -2.22. The first-order valence-corrected chi connectivity index (χ1v) is 6.93. The maximum atomic E-state index is 5.94. The first kappa shape index (κ1) is 15.2. The van der Waals surface area contributed by atoms with Crippen LogP contribution >= 0.6 is 0 Å². The van der Waals surface area contributed by atoms with Crippen molar-refractivity contribution in [2.24, 2.45) is 5.73 Å². The van der Waals surface area contributed by atoms with Gasteiger partial charge in [-0.3, -0.25) is 0 Å². The van der Waals surface area contributed by atoms with Gasteiger partial charge in [-0.1, -0.05) is 29.8 Å². The van der Waals surface area contributed by atoms with Gasteiger partial charge in [-0.2, -0.15) is 0 Å². The minimum Gasteiger partial charge on any atom is -0.493 e. The van der Waals surface area contributed by atoms with Gasteiger partial charge >= 0.3 is 0 Å². The molecular formula is C17H22N2O2. The number of benzene rings is 2. The van der Waals surface area contributed by atoms with Crippen molar-refractivity contribution in [2.75, 3.05) is 26.1 Å². The van der Waals surface area contributed by atoms with E-state index in [9.17, 15) is 0 Å². The van der Waals surface area contributed by atoms with Crippen molar-refractivity contribution >= 4 is 5.69 Å². The fourth-order valence-corrected chi connectivity index (χ4v) is 2.30. The number of rotatable bonds is 6. The summed E-state index contributed by atoms with van der Waals surface area (Å²) in [7, 11) is 3.27. The molecule has 3 N–H and O–H groups in total. The fraction of sp³-hybridized carbons (Fsp3) is 0.294. The average Bonchev–Trinajstić information content (AvgIpc) is 2.53.